The summed E-state index contributed by atoms with van der Waals surface area (Å²) in [5.74, 6) is -0.971. The zero-order chi connectivity index (χ0) is 10.5. The molecule has 0 radical (unpaired) electrons. The lowest BCUT2D eigenvalue weighted by atomic mass is 9.87. The summed E-state index contributed by atoms with van der Waals surface area (Å²) in [5, 5.41) is 9.16. The Bertz CT molecular complexity index is 397. The van der Waals surface area contributed by atoms with Crippen LogP contribution in [0.15, 0.2) is 12.4 Å². The van der Waals surface area contributed by atoms with Gasteiger partial charge in [0.1, 0.15) is 5.54 Å². The van der Waals surface area contributed by atoms with Gasteiger partial charge in [-0.1, -0.05) is 6.92 Å². The maximum atomic E-state index is 11.2. The summed E-state index contributed by atoms with van der Waals surface area (Å²) in [6.45, 7) is 1.88. The fourth-order valence-electron chi connectivity index (χ4n) is 2.26. The number of aromatic nitrogens is 1. The molecule has 76 valence electrons. The lowest BCUT2D eigenvalue weighted by Gasteiger charge is -2.24. The molecule has 2 atom stereocenters. The van der Waals surface area contributed by atoms with Crippen LogP contribution in [0.1, 0.15) is 18.1 Å². The second kappa shape index (κ2) is 2.60. The van der Waals surface area contributed by atoms with Crippen LogP contribution >= 0.6 is 0 Å². The number of carboxylic acids is 1. The van der Waals surface area contributed by atoms with Gasteiger partial charge in [0.2, 0.25) is 0 Å². The molecule has 0 fully saturated rings. The minimum Gasteiger partial charge on any atom is -0.480 e. The number of rotatable bonds is 1. The van der Waals surface area contributed by atoms with E-state index in [1.807, 2.05) is 30.9 Å². The Morgan fingerprint density at radius 2 is 2.36 bits per heavy atom. The predicted octanol–water partition coefficient (Wildman–Crippen LogP) is 0.456. The topological polar surface area (TPSA) is 68.2 Å². The Balaban J connectivity index is 2.57. The molecule has 1 aliphatic carbocycles. The zero-order valence-corrected chi connectivity index (χ0v) is 8.32. The average Bonchev–Trinajstić information content (AvgIpc) is 2.53. The first-order valence-corrected chi connectivity index (χ1v) is 4.64. The van der Waals surface area contributed by atoms with Gasteiger partial charge in [0.05, 0.1) is 0 Å². The van der Waals surface area contributed by atoms with Gasteiger partial charge >= 0.3 is 5.97 Å². The standard InChI is InChI=1S/C10H14N2O2/c1-6-3-7-4-12(2)5-8(7)10(6,11)9(13)14/h4-6H,3,11H2,1-2H3,(H,13,14). The van der Waals surface area contributed by atoms with Crippen molar-refractivity contribution in [2.75, 3.05) is 0 Å². The van der Waals surface area contributed by atoms with Gasteiger partial charge in [0.25, 0.3) is 0 Å². The average molecular weight is 194 g/mol. The molecular formula is C10H14N2O2. The fraction of sp³-hybridized carbons (Fsp3) is 0.500. The van der Waals surface area contributed by atoms with Gasteiger partial charge in [0.15, 0.2) is 0 Å². The zero-order valence-electron chi connectivity index (χ0n) is 8.32. The van der Waals surface area contributed by atoms with Gasteiger partial charge in [-0.05, 0) is 17.9 Å². The molecule has 3 N–H and O–H groups in total. The lowest BCUT2D eigenvalue weighted by Crippen LogP contribution is -2.47. The van der Waals surface area contributed by atoms with Crippen molar-refractivity contribution in [3.05, 3.63) is 23.5 Å². The lowest BCUT2D eigenvalue weighted by molar-refractivity contribution is -0.145. The number of carboxylic acid groups (broad SMARTS) is 1. The van der Waals surface area contributed by atoms with E-state index < -0.39 is 11.5 Å². The van der Waals surface area contributed by atoms with E-state index in [2.05, 4.69) is 0 Å². The SMILES string of the molecule is CC1Cc2cn(C)cc2C1(N)C(=O)O. The number of hydrogen-bond donors (Lipinski definition) is 2. The maximum absolute atomic E-state index is 11.2. The molecule has 0 spiro atoms. The predicted molar refractivity (Wildman–Crippen MR) is 51.8 cm³/mol. The van der Waals surface area contributed by atoms with E-state index in [1.165, 1.54) is 0 Å². The summed E-state index contributed by atoms with van der Waals surface area (Å²) in [4.78, 5) is 11.2. The van der Waals surface area contributed by atoms with E-state index in [0.717, 1.165) is 17.5 Å². The van der Waals surface area contributed by atoms with Gasteiger partial charge in [-0.3, -0.25) is 0 Å². The number of nitrogens with zero attached hydrogens (tertiary/aromatic N) is 1. The number of carbonyl (C=O) groups is 1. The van der Waals surface area contributed by atoms with Gasteiger partial charge < -0.3 is 15.4 Å². The molecule has 1 aromatic rings. The molecule has 2 rings (SSSR count). The molecular weight excluding hydrogens is 180 g/mol. The first-order valence-electron chi connectivity index (χ1n) is 4.64. The minimum atomic E-state index is -1.20. The Hall–Kier alpha value is -1.29. The number of aliphatic carboxylic acids is 1. The van der Waals surface area contributed by atoms with Crippen molar-refractivity contribution >= 4 is 5.97 Å². The fourth-order valence-corrected chi connectivity index (χ4v) is 2.26. The van der Waals surface area contributed by atoms with Crippen LogP contribution in [0.3, 0.4) is 0 Å². The molecule has 0 saturated heterocycles. The van der Waals surface area contributed by atoms with E-state index >= 15 is 0 Å². The monoisotopic (exact) mass is 194 g/mol. The number of fused-ring (bicyclic) bond motifs is 1. The number of aryl methyl sites for hydroxylation is 1. The van der Waals surface area contributed by atoms with Crippen LogP contribution in [0.25, 0.3) is 0 Å². The molecule has 4 nitrogen and oxygen atoms in total. The van der Waals surface area contributed by atoms with Crippen molar-refractivity contribution in [1.29, 1.82) is 0 Å². The molecule has 1 aliphatic rings. The quantitative estimate of drug-likeness (QED) is 0.682. The first kappa shape index (κ1) is 9.27. The van der Waals surface area contributed by atoms with Crippen LogP contribution in [0, 0.1) is 5.92 Å². The number of hydrogen-bond acceptors (Lipinski definition) is 2. The largest absolute Gasteiger partial charge is 0.480 e. The van der Waals surface area contributed by atoms with Crippen LogP contribution in [0.4, 0.5) is 0 Å². The summed E-state index contributed by atoms with van der Waals surface area (Å²) in [7, 11) is 1.88. The van der Waals surface area contributed by atoms with Crippen molar-refractivity contribution < 1.29 is 9.90 Å². The molecule has 0 bridgehead atoms. The van der Waals surface area contributed by atoms with Gasteiger partial charge in [-0.2, -0.15) is 0 Å². The highest BCUT2D eigenvalue weighted by Gasteiger charge is 2.48. The molecule has 0 amide bonds. The highest BCUT2D eigenvalue weighted by molar-refractivity contribution is 5.82. The smallest absolute Gasteiger partial charge is 0.328 e. The minimum absolute atomic E-state index is 0.0359. The second-order valence-electron chi connectivity index (χ2n) is 4.14. The summed E-state index contributed by atoms with van der Waals surface area (Å²) < 4.78 is 1.86. The third-order valence-corrected chi connectivity index (χ3v) is 3.14. The van der Waals surface area contributed by atoms with Crippen LogP contribution in [-0.4, -0.2) is 15.6 Å². The van der Waals surface area contributed by atoms with Crippen LogP contribution in [-0.2, 0) is 23.8 Å². The molecule has 0 aliphatic heterocycles. The highest BCUT2D eigenvalue weighted by Crippen LogP contribution is 2.39. The maximum Gasteiger partial charge on any atom is 0.328 e. The van der Waals surface area contributed by atoms with Crippen molar-refractivity contribution in [3.63, 3.8) is 0 Å². The summed E-state index contributed by atoms with van der Waals surface area (Å²) in [5.41, 5.74) is 6.58. The molecule has 14 heavy (non-hydrogen) atoms. The van der Waals surface area contributed by atoms with Crippen LogP contribution < -0.4 is 5.73 Å². The third-order valence-electron chi connectivity index (χ3n) is 3.14. The Morgan fingerprint density at radius 1 is 1.71 bits per heavy atom. The van der Waals surface area contributed by atoms with Crippen molar-refractivity contribution in [2.24, 2.45) is 18.7 Å². The highest BCUT2D eigenvalue weighted by atomic mass is 16.4. The molecule has 0 saturated carbocycles. The molecule has 0 aromatic carbocycles. The van der Waals surface area contributed by atoms with Crippen molar-refractivity contribution in [2.45, 2.75) is 18.9 Å². The van der Waals surface area contributed by atoms with Crippen LogP contribution in [0.5, 0.6) is 0 Å². The molecule has 1 aromatic heterocycles. The van der Waals surface area contributed by atoms with Gasteiger partial charge in [-0.15, -0.1) is 0 Å². The third kappa shape index (κ3) is 0.944. The summed E-state index contributed by atoms with van der Waals surface area (Å²) >= 11 is 0. The van der Waals surface area contributed by atoms with E-state index in [1.54, 1.807) is 0 Å². The summed E-state index contributed by atoms with van der Waals surface area (Å²) in [6, 6.07) is 0. The first-order chi connectivity index (χ1) is 6.46. The van der Waals surface area contributed by atoms with E-state index in [0.29, 0.717) is 0 Å². The van der Waals surface area contributed by atoms with E-state index in [-0.39, 0.29) is 5.92 Å². The van der Waals surface area contributed by atoms with E-state index in [9.17, 15) is 4.79 Å². The van der Waals surface area contributed by atoms with Gasteiger partial charge in [0, 0.05) is 25.0 Å². The second-order valence-corrected chi connectivity index (χ2v) is 4.14. The Kier molecular flexibility index (Phi) is 1.72. The normalized spacial score (nSPS) is 30.4. The molecule has 2 unspecified atom stereocenters. The van der Waals surface area contributed by atoms with Crippen molar-refractivity contribution in [3.8, 4) is 0 Å². The summed E-state index contributed by atoms with van der Waals surface area (Å²) in [6.07, 6.45) is 4.51. The molecule has 1 heterocycles. The number of nitrogens with two attached hydrogens (primary N) is 1. The Morgan fingerprint density at radius 3 is 2.93 bits per heavy atom. The van der Waals surface area contributed by atoms with Crippen LogP contribution in [0.2, 0.25) is 0 Å². The van der Waals surface area contributed by atoms with Crippen molar-refractivity contribution in [1.82, 2.24) is 4.57 Å². The Labute approximate surface area is 82.3 Å². The van der Waals surface area contributed by atoms with E-state index in [4.69, 9.17) is 10.8 Å². The van der Waals surface area contributed by atoms with Gasteiger partial charge in [-0.25, -0.2) is 4.79 Å². The molecule has 4 heteroatoms.